The Morgan fingerprint density at radius 2 is 1.90 bits per heavy atom. The van der Waals surface area contributed by atoms with Gasteiger partial charge in [-0.1, -0.05) is 19.1 Å². The molecule has 0 radical (unpaired) electrons. The van der Waals surface area contributed by atoms with Crippen LogP contribution in [0.1, 0.15) is 51.3 Å². The highest BCUT2D eigenvalue weighted by Crippen LogP contribution is 2.40. The van der Waals surface area contributed by atoms with E-state index in [2.05, 4.69) is 50.3 Å². The van der Waals surface area contributed by atoms with E-state index in [0.29, 0.717) is 0 Å². The van der Waals surface area contributed by atoms with Crippen molar-refractivity contribution in [1.29, 1.82) is 0 Å². The van der Waals surface area contributed by atoms with E-state index in [1.807, 2.05) is 18.8 Å². The highest BCUT2D eigenvalue weighted by molar-refractivity contribution is 9.10. The van der Waals surface area contributed by atoms with E-state index in [-0.39, 0.29) is 11.6 Å². The molecule has 1 aromatic rings. The lowest BCUT2D eigenvalue weighted by molar-refractivity contribution is 0.0614. The van der Waals surface area contributed by atoms with Crippen LogP contribution in [0.15, 0.2) is 4.60 Å². The summed E-state index contributed by atoms with van der Waals surface area (Å²) in [6.45, 7) is 6.99. The molecule has 1 N–H and O–H groups in total. The molecule has 0 aliphatic carbocycles. The van der Waals surface area contributed by atoms with Crippen LogP contribution in [0.25, 0.3) is 0 Å². The number of aromatic nitrogens is 3. The molecule has 1 saturated heterocycles. The summed E-state index contributed by atoms with van der Waals surface area (Å²) in [6.07, 6.45) is 4.85. The summed E-state index contributed by atoms with van der Waals surface area (Å²) in [5, 5.41) is 11.9. The van der Waals surface area contributed by atoms with Crippen LogP contribution >= 0.6 is 15.9 Å². The lowest BCUT2D eigenvalue weighted by Gasteiger charge is -2.46. The van der Waals surface area contributed by atoms with E-state index >= 15 is 0 Å². The van der Waals surface area contributed by atoms with E-state index in [1.165, 1.54) is 25.9 Å². The van der Waals surface area contributed by atoms with Crippen molar-refractivity contribution in [1.82, 2.24) is 25.2 Å². The zero-order valence-electron chi connectivity index (χ0n) is 13.0. The molecule has 1 aromatic heterocycles. The third-order valence-electron chi connectivity index (χ3n) is 4.89. The van der Waals surface area contributed by atoms with Gasteiger partial charge in [-0.2, -0.15) is 0 Å². The Balaban J connectivity index is 2.44. The van der Waals surface area contributed by atoms with Crippen molar-refractivity contribution >= 4 is 15.9 Å². The van der Waals surface area contributed by atoms with Crippen LogP contribution in [0.4, 0.5) is 0 Å². The second kappa shape index (κ2) is 6.54. The number of likely N-dealkylation sites (N-methyl/N-ethyl adjacent to an activating group) is 1. The summed E-state index contributed by atoms with van der Waals surface area (Å²) >= 11 is 3.57. The fourth-order valence-electron chi connectivity index (χ4n) is 3.76. The maximum Gasteiger partial charge on any atom is 0.153 e. The summed E-state index contributed by atoms with van der Waals surface area (Å²) in [5.41, 5.74) is 1.27. The molecule has 6 heteroatoms. The second-order valence-electron chi connectivity index (χ2n) is 5.62. The normalized spacial score (nSPS) is 18.6. The van der Waals surface area contributed by atoms with Crippen molar-refractivity contribution in [2.24, 2.45) is 7.05 Å². The van der Waals surface area contributed by atoms with Gasteiger partial charge < -0.3 is 5.32 Å². The summed E-state index contributed by atoms with van der Waals surface area (Å²) in [6, 6.07) is 0.227. The number of halogens is 1. The molecule has 1 unspecified atom stereocenters. The Bertz CT molecular complexity index is 415. The van der Waals surface area contributed by atoms with Crippen LogP contribution in [-0.2, 0) is 7.05 Å². The molecule has 1 fully saturated rings. The minimum Gasteiger partial charge on any atom is -0.310 e. The van der Waals surface area contributed by atoms with Gasteiger partial charge in [0, 0.05) is 12.6 Å². The van der Waals surface area contributed by atoms with Gasteiger partial charge >= 0.3 is 0 Å². The van der Waals surface area contributed by atoms with E-state index in [9.17, 15) is 0 Å². The van der Waals surface area contributed by atoms with Crippen LogP contribution in [0, 0.1) is 0 Å². The topological polar surface area (TPSA) is 46.0 Å². The number of aryl methyl sites for hydroxylation is 1. The van der Waals surface area contributed by atoms with Crippen molar-refractivity contribution < 1.29 is 0 Å². The number of nitrogens with zero attached hydrogens (tertiary/aromatic N) is 4. The molecule has 1 aliphatic rings. The Kier molecular flexibility index (Phi) is 5.20. The van der Waals surface area contributed by atoms with Crippen LogP contribution < -0.4 is 5.32 Å². The highest BCUT2D eigenvalue weighted by atomic mass is 79.9. The minimum atomic E-state index is 0.128. The van der Waals surface area contributed by atoms with Gasteiger partial charge in [-0.15, -0.1) is 5.10 Å². The first-order chi connectivity index (χ1) is 9.60. The van der Waals surface area contributed by atoms with Crippen LogP contribution in [0.5, 0.6) is 0 Å². The molecular weight excluding hydrogens is 318 g/mol. The number of nitrogens with one attached hydrogen (secondary N) is 1. The SMILES string of the molecule is CCC(CC)(C(NC)c1c(Br)nnn1C)N1CCCC1. The van der Waals surface area contributed by atoms with Crippen molar-refractivity contribution in [3.63, 3.8) is 0 Å². The summed E-state index contributed by atoms with van der Waals surface area (Å²) in [5.74, 6) is 0. The second-order valence-corrected chi connectivity index (χ2v) is 6.37. The molecule has 0 aromatic carbocycles. The van der Waals surface area contributed by atoms with E-state index in [1.54, 1.807) is 0 Å². The predicted octanol–water partition coefficient (Wildman–Crippen LogP) is 2.49. The van der Waals surface area contributed by atoms with Crippen LogP contribution in [-0.4, -0.2) is 45.6 Å². The Hall–Kier alpha value is -0.460. The maximum absolute atomic E-state index is 4.16. The minimum absolute atomic E-state index is 0.128. The first kappa shape index (κ1) is 15.9. The largest absolute Gasteiger partial charge is 0.310 e. The fraction of sp³-hybridized carbons (Fsp3) is 0.857. The Morgan fingerprint density at radius 3 is 2.30 bits per heavy atom. The first-order valence-corrected chi connectivity index (χ1v) is 8.37. The molecule has 2 rings (SSSR count). The van der Waals surface area contributed by atoms with Gasteiger partial charge in [0.25, 0.3) is 0 Å². The van der Waals surface area contributed by atoms with Gasteiger partial charge in [-0.25, -0.2) is 4.68 Å². The number of hydrogen-bond acceptors (Lipinski definition) is 4. The van der Waals surface area contributed by atoms with Gasteiger partial charge in [0.05, 0.1) is 11.7 Å². The molecule has 114 valence electrons. The third kappa shape index (κ3) is 2.53. The smallest absolute Gasteiger partial charge is 0.153 e. The molecule has 0 spiro atoms. The standard InChI is InChI=1S/C14H26BrN5/c1-5-14(6-2,20-9-7-8-10-20)12(16-3)11-13(15)17-18-19(11)4/h12,16H,5-10H2,1-4H3. The fourth-order valence-corrected chi connectivity index (χ4v) is 4.31. The average molecular weight is 344 g/mol. The van der Waals surface area contributed by atoms with E-state index in [4.69, 9.17) is 0 Å². The Morgan fingerprint density at radius 1 is 1.30 bits per heavy atom. The lowest BCUT2D eigenvalue weighted by Crippen LogP contribution is -2.55. The first-order valence-electron chi connectivity index (χ1n) is 7.58. The van der Waals surface area contributed by atoms with Crippen LogP contribution in [0.3, 0.4) is 0 Å². The van der Waals surface area contributed by atoms with Gasteiger partial charge in [0.1, 0.15) is 0 Å². The number of rotatable bonds is 6. The summed E-state index contributed by atoms with van der Waals surface area (Å²) < 4.78 is 2.74. The molecule has 1 aliphatic heterocycles. The maximum atomic E-state index is 4.16. The molecule has 5 nitrogen and oxygen atoms in total. The van der Waals surface area contributed by atoms with E-state index < -0.39 is 0 Å². The monoisotopic (exact) mass is 343 g/mol. The Labute approximate surface area is 130 Å². The van der Waals surface area contributed by atoms with E-state index in [0.717, 1.165) is 23.1 Å². The summed E-state index contributed by atoms with van der Waals surface area (Å²) in [7, 11) is 4.01. The van der Waals surface area contributed by atoms with Crippen LogP contribution in [0.2, 0.25) is 0 Å². The van der Waals surface area contributed by atoms with Crippen molar-refractivity contribution in [3.8, 4) is 0 Å². The molecule has 2 heterocycles. The van der Waals surface area contributed by atoms with Crippen molar-refractivity contribution in [3.05, 3.63) is 10.3 Å². The molecule has 0 bridgehead atoms. The zero-order chi connectivity index (χ0) is 14.8. The molecule has 1 atom stereocenters. The number of likely N-dealkylation sites (tertiary alicyclic amines) is 1. The van der Waals surface area contributed by atoms with Gasteiger partial charge in [-0.05, 0) is 61.8 Å². The third-order valence-corrected chi connectivity index (χ3v) is 5.45. The molecular formula is C14H26BrN5. The van der Waals surface area contributed by atoms with Gasteiger partial charge in [-0.3, -0.25) is 4.90 Å². The number of hydrogen-bond donors (Lipinski definition) is 1. The molecule has 0 amide bonds. The molecule has 0 saturated carbocycles. The predicted molar refractivity (Wildman–Crippen MR) is 84.6 cm³/mol. The molecule has 20 heavy (non-hydrogen) atoms. The lowest BCUT2D eigenvalue weighted by atomic mass is 9.81. The highest BCUT2D eigenvalue weighted by Gasteiger charge is 2.44. The van der Waals surface area contributed by atoms with Gasteiger partial charge in [0.2, 0.25) is 0 Å². The van der Waals surface area contributed by atoms with Gasteiger partial charge in [0.15, 0.2) is 4.60 Å². The average Bonchev–Trinajstić information content (AvgIpc) is 3.09. The van der Waals surface area contributed by atoms with Crippen molar-refractivity contribution in [2.45, 2.75) is 51.1 Å². The zero-order valence-corrected chi connectivity index (χ0v) is 14.6. The van der Waals surface area contributed by atoms with Crippen molar-refractivity contribution in [2.75, 3.05) is 20.1 Å². The summed E-state index contributed by atoms with van der Waals surface area (Å²) in [4.78, 5) is 2.66. The quantitative estimate of drug-likeness (QED) is 0.861.